The molecule has 2 rings (SSSR count). The first-order valence-electron chi connectivity index (χ1n) is 7.17. The molecule has 2 aliphatic carbocycles. The van der Waals surface area contributed by atoms with E-state index in [0.717, 1.165) is 44.9 Å². The van der Waals surface area contributed by atoms with E-state index in [1.165, 1.54) is 0 Å². The molecule has 4 nitrogen and oxygen atoms in total. The normalized spacial score (nSPS) is 40.8. The van der Waals surface area contributed by atoms with Crippen LogP contribution in [0.5, 0.6) is 0 Å². The van der Waals surface area contributed by atoms with Gasteiger partial charge < -0.3 is 15.7 Å². The van der Waals surface area contributed by atoms with Crippen LogP contribution in [0.3, 0.4) is 0 Å². The van der Waals surface area contributed by atoms with E-state index in [-0.39, 0.29) is 24.1 Å². The average Bonchev–Trinajstić information content (AvgIpc) is 2.70. The summed E-state index contributed by atoms with van der Waals surface area (Å²) in [4.78, 5) is 14.4. The molecule has 4 heteroatoms. The number of aliphatic hydroxyl groups excluding tert-OH is 1. The Morgan fingerprint density at radius 3 is 2.50 bits per heavy atom. The highest BCUT2D eigenvalue weighted by atomic mass is 16.3. The fourth-order valence-corrected chi connectivity index (χ4v) is 3.56. The molecule has 0 aromatic carbocycles. The molecule has 0 aromatic rings. The van der Waals surface area contributed by atoms with Crippen molar-refractivity contribution in [3.8, 4) is 0 Å². The highest BCUT2D eigenvalue weighted by Gasteiger charge is 2.46. The van der Waals surface area contributed by atoms with E-state index in [2.05, 4.69) is 0 Å². The maximum atomic E-state index is 12.7. The number of nitrogens with zero attached hydrogens (tertiary/aromatic N) is 1. The zero-order chi connectivity index (χ0) is 13.3. The number of hydrogen-bond acceptors (Lipinski definition) is 3. The van der Waals surface area contributed by atoms with Gasteiger partial charge in [-0.1, -0.05) is 19.3 Å². The maximum Gasteiger partial charge on any atom is 0.230 e. The van der Waals surface area contributed by atoms with E-state index in [9.17, 15) is 9.90 Å². The molecule has 2 saturated carbocycles. The van der Waals surface area contributed by atoms with Gasteiger partial charge in [0.15, 0.2) is 0 Å². The molecular weight excluding hydrogens is 228 g/mol. The number of nitrogens with two attached hydrogens (primary N) is 1. The van der Waals surface area contributed by atoms with Crippen molar-refractivity contribution in [2.24, 2.45) is 11.1 Å². The summed E-state index contributed by atoms with van der Waals surface area (Å²) < 4.78 is 0. The third-order valence-electron chi connectivity index (χ3n) is 5.03. The lowest BCUT2D eigenvalue weighted by molar-refractivity contribution is -0.146. The first kappa shape index (κ1) is 13.8. The Kier molecular flexibility index (Phi) is 3.97. The SMILES string of the molecule is CN(C(=O)C1(C)CCCC1N)C1CCCCC1O. The van der Waals surface area contributed by atoms with Crippen molar-refractivity contribution in [1.29, 1.82) is 0 Å². The van der Waals surface area contributed by atoms with Gasteiger partial charge in [0.2, 0.25) is 5.91 Å². The molecular formula is C14H26N2O2. The maximum absolute atomic E-state index is 12.7. The molecule has 0 heterocycles. The monoisotopic (exact) mass is 254 g/mol. The summed E-state index contributed by atoms with van der Waals surface area (Å²) in [5.74, 6) is 0.124. The molecule has 0 radical (unpaired) electrons. The number of amides is 1. The molecule has 2 fully saturated rings. The van der Waals surface area contributed by atoms with Gasteiger partial charge >= 0.3 is 0 Å². The van der Waals surface area contributed by atoms with Gasteiger partial charge in [0.1, 0.15) is 0 Å². The first-order valence-corrected chi connectivity index (χ1v) is 7.17. The van der Waals surface area contributed by atoms with Gasteiger partial charge in [-0.3, -0.25) is 4.79 Å². The van der Waals surface area contributed by atoms with Crippen molar-refractivity contribution < 1.29 is 9.90 Å². The summed E-state index contributed by atoms with van der Waals surface area (Å²) in [7, 11) is 1.83. The molecule has 0 aromatic heterocycles. The summed E-state index contributed by atoms with van der Waals surface area (Å²) in [6.07, 6.45) is 6.36. The van der Waals surface area contributed by atoms with Gasteiger partial charge in [0.05, 0.1) is 17.6 Å². The Bertz CT molecular complexity index is 321. The van der Waals surface area contributed by atoms with Crippen LogP contribution in [0.4, 0.5) is 0 Å². The lowest BCUT2D eigenvalue weighted by Gasteiger charge is -2.40. The minimum Gasteiger partial charge on any atom is -0.391 e. The topological polar surface area (TPSA) is 66.6 Å². The molecule has 4 unspecified atom stereocenters. The Morgan fingerprint density at radius 2 is 1.94 bits per heavy atom. The molecule has 4 atom stereocenters. The number of carbonyl (C=O) groups is 1. The lowest BCUT2D eigenvalue weighted by atomic mass is 9.82. The van der Waals surface area contributed by atoms with Crippen molar-refractivity contribution in [1.82, 2.24) is 4.90 Å². The smallest absolute Gasteiger partial charge is 0.230 e. The fraction of sp³-hybridized carbons (Fsp3) is 0.929. The van der Waals surface area contributed by atoms with Gasteiger partial charge in [0, 0.05) is 13.1 Å². The molecule has 3 N–H and O–H groups in total. The van der Waals surface area contributed by atoms with Crippen LogP contribution in [0.2, 0.25) is 0 Å². The summed E-state index contributed by atoms with van der Waals surface area (Å²) in [5.41, 5.74) is 5.68. The molecule has 104 valence electrons. The number of carbonyl (C=O) groups excluding carboxylic acids is 1. The Morgan fingerprint density at radius 1 is 1.28 bits per heavy atom. The van der Waals surface area contributed by atoms with Gasteiger partial charge in [-0.05, 0) is 32.6 Å². The number of hydrogen-bond donors (Lipinski definition) is 2. The van der Waals surface area contributed by atoms with E-state index in [4.69, 9.17) is 5.73 Å². The second-order valence-corrected chi connectivity index (χ2v) is 6.25. The van der Waals surface area contributed by atoms with Gasteiger partial charge in [-0.25, -0.2) is 0 Å². The van der Waals surface area contributed by atoms with E-state index < -0.39 is 5.41 Å². The third kappa shape index (κ3) is 2.28. The summed E-state index contributed by atoms with van der Waals surface area (Å²) in [5, 5.41) is 10.1. The fourth-order valence-electron chi connectivity index (χ4n) is 3.56. The second kappa shape index (κ2) is 5.17. The van der Waals surface area contributed by atoms with Crippen LogP contribution in [0, 0.1) is 5.41 Å². The van der Waals surface area contributed by atoms with Crippen LogP contribution in [-0.2, 0) is 4.79 Å². The van der Waals surface area contributed by atoms with Crippen molar-refractivity contribution in [3.63, 3.8) is 0 Å². The Hall–Kier alpha value is -0.610. The standard InChI is InChI=1S/C14H26N2O2/c1-14(9-5-8-12(14)15)13(18)16(2)10-6-3-4-7-11(10)17/h10-12,17H,3-9,15H2,1-2H3. The van der Waals surface area contributed by atoms with E-state index >= 15 is 0 Å². The van der Waals surface area contributed by atoms with E-state index in [1.807, 2.05) is 14.0 Å². The molecule has 0 aliphatic heterocycles. The molecule has 18 heavy (non-hydrogen) atoms. The number of aliphatic hydroxyl groups is 1. The summed E-state index contributed by atoms with van der Waals surface area (Å²) in [6.45, 7) is 1.98. The molecule has 0 saturated heterocycles. The van der Waals surface area contributed by atoms with Crippen molar-refractivity contribution >= 4 is 5.91 Å². The minimum absolute atomic E-state index is 0.0177. The van der Waals surface area contributed by atoms with E-state index in [1.54, 1.807) is 4.90 Å². The predicted molar refractivity (Wildman–Crippen MR) is 71.0 cm³/mol. The molecule has 0 spiro atoms. The van der Waals surface area contributed by atoms with Gasteiger partial charge in [0.25, 0.3) is 0 Å². The predicted octanol–water partition coefficient (Wildman–Crippen LogP) is 1.27. The first-order chi connectivity index (χ1) is 8.47. The van der Waals surface area contributed by atoms with Crippen LogP contribution in [0.25, 0.3) is 0 Å². The van der Waals surface area contributed by atoms with E-state index in [0.29, 0.717) is 0 Å². The van der Waals surface area contributed by atoms with Crippen LogP contribution >= 0.6 is 0 Å². The zero-order valence-corrected chi connectivity index (χ0v) is 11.6. The number of likely N-dealkylation sites (N-methyl/N-ethyl adjacent to an activating group) is 1. The highest BCUT2D eigenvalue weighted by Crippen LogP contribution is 2.39. The molecule has 0 bridgehead atoms. The molecule has 1 amide bonds. The third-order valence-corrected chi connectivity index (χ3v) is 5.03. The number of rotatable bonds is 2. The zero-order valence-electron chi connectivity index (χ0n) is 11.6. The average molecular weight is 254 g/mol. The van der Waals surface area contributed by atoms with Crippen LogP contribution in [0.15, 0.2) is 0 Å². The van der Waals surface area contributed by atoms with Crippen LogP contribution < -0.4 is 5.73 Å². The quantitative estimate of drug-likeness (QED) is 0.780. The summed E-state index contributed by atoms with van der Waals surface area (Å²) >= 11 is 0. The minimum atomic E-state index is -0.425. The van der Waals surface area contributed by atoms with Crippen LogP contribution in [0.1, 0.15) is 51.9 Å². The summed E-state index contributed by atoms with van der Waals surface area (Å²) in [6, 6.07) is -0.0518. The Balaban J connectivity index is 2.08. The van der Waals surface area contributed by atoms with Crippen molar-refractivity contribution in [2.75, 3.05) is 7.05 Å². The van der Waals surface area contributed by atoms with Crippen molar-refractivity contribution in [2.45, 2.75) is 70.1 Å². The highest BCUT2D eigenvalue weighted by molar-refractivity contribution is 5.83. The van der Waals surface area contributed by atoms with Crippen molar-refractivity contribution in [3.05, 3.63) is 0 Å². The Labute approximate surface area is 110 Å². The lowest BCUT2D eigenvalue weighted by Crippen LogP contribution is -2.54. The van der Waals surface area contributed by atoms with Gasteiger partial charge in [-0.2, -0.15) is 0 Å². The molecule has 2 aliphatic rings. The largest absolute Gasteiger partial charge is 0.391 e. The van der Waals surface area contributed by atoms with Gasteiger partial charge in [-0.15, -0.1) is 0 Å². The second-order valence-electron chi connectivity index (χ2n) is 6.25. The van der Waals surface area contributed by atoms with Crippen LogP contribution in [-0.4, -0.2) is 41.1 Å².